The Kier molecular flexibility index (Phi) is 7.96. The average Bonchev–Trinajstić information content (AvgIpc) is 3.09. The Morgan fingerprint density at radius 3 is 2.50 bits per heavy atom. The number of sulfonamides is 1. The molecule has 0 spiro atoms. The number of nitrogens with one attached hydrogen (secondary N) is 1. The fraction of sp³-hybridized carbons (Fsp3) is 0.364. The van der Waals surface area contributed by atoms with Crippen LogP contribution in [0.25, 0.3) is 0 Å². The quantitative estimate of drug-likeness (QED) is 0.649. The number of rotatable bonds is 7. The van der Waals surface area contributed by atoms with E-state index in [1.807, 2.05) is 6.07 Å². The largest absolute Gasteiger partial charge is 0.493 e. The van der Waals surface area contributed by atoms with Crippen LogP contribution in [0.2, 0.25) is 5.02 Å². The molecule has 8 nitrogen and oxygen atoms in total. The lowest BCUT2D eigenvalue weighted by atomic mass is 10.2. The van der Waals surface area contributed by atoms with E-state index in [2.05, 4.69) is 5.32 Å². The molecule has 0 radical (unpaired) electrons. The maximum Gasteiger partial charge on any atom is 0.262 e. The smallest absolute Gasteiger partial charge is 0.262 e. The molecule has 1 saturated heterocycles. The zero-order chi connectivity index (χ0) is 23.1. The second kappa shape index (κ2) is 10.7. The number of anilines is 1. The van der Waals surface area contributed by atoms with Crippen LogP contribution in [-0.4, -0.2) is 45.4 Å². The van der Waals surface area contributed by atoms with Crippen molar-refractivity contribution in [1.29, 1.82) is 5.26 Å². The second-order valence-electron chi connectivity index (χ2n) is 7.27. The maximum absolute atomic E-state index is 13.0. The van der Waals surface area contributed by atoms with E-state index in [1.54, 1.807) is 6.07 Å². The van der Waals surface area contributed by atoms with Gasteiger partial charge in [0.15, 0.2) is 18.1 Å². The molecule has 1 fully saturated rings. The minimum atomic E-state index is -3.68. The van der Waals surface area contributed by atoms with E-state index in [-0.39, 0.29) is 22.2 Å². The van der Waals surface area contributed by atoms with E-state index in [0.717, 1.165) is 25.7 Å². The highest BCUT2D eigenvalue weighted by atomic mass is 35.5. The SMILES string of the molecule is COc1cc(C#N)ccc1OCC(=O)Nc1cc(S(=O)(=O)N2CCCCCC2)ccc1Cl. The van der Waals surface area contributed by atoms with Gasteiger partial charge < -0.3 is 14.8 Å². The fourth-order valence-electron chi connectivity index (χ4n) is 3.38. The summed E-state index contributed by atoms with van der Waals surface area (Å²) >= 11 is 6.19. The van der Waals surface area contributed by atoms with Gasteiger partial charge in [-0.15, -0.1) is 0 Å². The van der Waals surface area contributed by atoms with Crippen molar-refractivity contribution in [3.63, 3.8) is 0 Å². The lowest BCUT2D eigenvalue weighted by molar-refractivity contribution is -0.118. The van der Waals surface area contributed by atoms with Crippen LogP contribution in [0, 0.1) is 11.3 Å². The van der Waals surface area contributed by atoms with Crippen LogP contribution in [0.4, 0.5) is 5.69 Å². The number of nitrogens with zero attached hydrogens (tertiary/aromatic N) is 2. The summed E-state index contributed by atoms with van der Waals surface area (Å²) in [5, 5.41) is 11.8. The number of benzene rings is 2. The Morgan fingerprint density at radius 1 is 1.12 bits per heavy atom. The van der Waals surface area contributed by atoms with E-state index >= 15 is 0 Å². The average molecular weight is 478 g/mol. The van der Waals surface area contributed by atoms with Crippen molar-refractivity contribution in [2.45, 2.75) is 30.6 Å². The number of hydrogen-bond acceptors (Lipinski definition) is 6. The van der Waals surface area contributed by atoms with E-state index in [9.17, 15) is 13.2 Å². The third-order valence-electron chi connectivity index (χ3n) is 5.07. The third kappa shape index (κ3) is 5.71. The molecular weight excluding hydrogens is 454 g/mol. The fourth-order valence-corrected chi connectivity index (χ4v) is 5.09. The predicted molar refractivity (Wildman–Crippen MR) is 121 cm³/mol. The molecule has 1 aliphatic rings. The van der Waals surface area contributed by atoms with Gasteiger partial charge in [-0.3, -0.25) is 4.79 Å². The topological polar surface area (TPSA) is 109 Å². The Labute approximate surface area is 192 Å². The molecule has 10 heteroatoms. The highest BCUT2D eigenvalue weighted by Gasteiger charge is 2.26. The summed E-state index contributed by atoms with van der Waals surface area (Å²) in [4.78, 5) is 12.5. The predicted octanol–water partition coefficient (Wildman–Crippen LogP) is 3.80. The molecular formula is C22H24ClN3O5S. The first kappa shape index (κ1) is 23.9. The standard InChI is InChI=1S/C22H24ClN3O5S/c1-30-21-12-16(14-24)6-9-20(21)31-15-22(27)25-19-13-17(7-8-18(19)23)32(28,29)26-10-4-2-3-5-11-26/h6-9,12-13H,2-5,10-11,15H2,1H3,(H,25,27). The number of amides is 1. The number of hydrogen-bond donors (Lipinski definition) is 1. The number of carbonyl (C=O) groups excluding carboxylic acids is 1. The van der Waals surface area contributed by atoms with Gasteiger partial charge in [0.1, 0.15) is 0 Å². The van der Waals surface area contributed by atoms with Crippen LogP contribution in [0.15, 0.2) is 41.3 Å². The molecule has 0 saturated carbocycles. The minimum absolute atomic E-state index is 0.0776. The van der Waals surface area contributed by atoms with Crippen molar-refractivity contribution < 1.29 is 22.7 Å². The van der Waals surface area contributed by atoms with Crippen molar-refractivity contribution in [3.8, 4) is 17.6 Å². The summed E-state index contributed by atoms with van der Waals surface area (Å²) in [5.41, 5.74) is 0.579. The van der Waals surface area contributed by atoms with E-state index in [0.29, 0.717) is 30.2 Å². The molecule has 32 heavy (non-hydrogen) atoms. The Balaban J connectivity index is 1.71. The molecule has 1 amide bonds. The van der Waals surface area contributed by atoms with Crippen molar-refractivity contribution in [3.05, 3.63) is 47.0 Å². The van der Waals surface area contributed by atoms with Gasteiger partial charge in [0.2, 0.25) is 10.0 Å². The number of methoxy groups -OCH3 is 1. The molecule has 170 valence electrons. The lowest BCUT2D eigenvalue weighted by Gasteiger charge is -2.20. The molecule has 1 N–H and O–H groups in total. The summed E-state index contributed by atoms with van der Waals surface area (Å²) in [5.74, 6) is 0.0910. The summed E-state index contributed by atoms with van der Waals surface area (Å²) in [6.45, 7) is 0.599. The number of ether oxygens (including phenoxy) is 2. The van der Waals surface area contributed by atoms with Crippen LogP contribution < -0.4 is 14.8 Å². The highest BCUT2D eigenvalue weighted by molar-refractivity contribution is 7.89. The van der Waals surface area contributed by atoms with Gasteiger partial charge in [-0.25, -0.2) is 8.42 Å². The summed E-state index contributed by atoms with van der Waals surface area (Å²) < 4.78 is 38.2. The molecule has 1 heterocycles. The van der Waals surface area contributed by atoms with Crippen molar-refractivity contribution in [2.75, 3.05) is 32.1 Å². The molecule has 1 aliphatic heterocycles. The monoisotopic (exact) mass is 477 g/mol. The molecule has 0 aromatic heterocycles. The van der Waals surface area contributed by atoms with Crippen LogP contribution in [0.5, 0.6) is 11.5 Å². The Morgan fingerprint density at radius 2 is 1.84 bits per heavy atom. The van der Waals surface area contributed by atoms with E-state index in [4.69, 9.17) is 26.3 Å². The summed E-state index contributed by atoms with van der Waals surface area (Å²) in [6.07, 6.45) is 3.68. The highest BCUT2D eigenvalue weighted by Crippen LogP contribution is 2.29. The number of halogens is 1. The molecule has 0 unspecified atom stereocenters. The lowest BCUT2D eigenvalue weighted by Crippen LogP contribution is -2.32. The molecule has 0 aliphatic carbocycles. The second-order valence-corrected chi connectivity index (χ2v) is 9.62. The van der Waals surface area contributed by atoms with Gasteiger partial charge in [-0.2, -0.15) is 9.57 Å². The van der Waals surface area contributed by atoms with Gasteiger partial charge >= 0.3 is 0 Å². The zero-order valence-electron chi connectivity index (χ0n) is 17.6. The first-order valence-corrected chi connectivity index (χ1v) is 12.0. The van der Waals surface area contributed by atoms with Crippen molar-refractivity contribution in [2.24, 2.45) is 0 Å². The van der Waals surface area contributed by atoms with Crippen molar-refractivity contribution in [1.82, 2.24) is 4.31 Å². The van der Waals surface area contributed by atoms with Crippen molar-refractivity contribution >= 4 is 33.2 Å². The normalized spacial score (nSPS) is 14.8. The molecule has 3 rings (SSSR count). The molecule has 0 atom stereocenters. The Bertz CT molecular complexity index is 1120. The van der Waals surface area contributed by atoms with Crippen LogP contribution in [0.1, 0.15) is 31.2 Å². The summed E-state index contributed by atoms with van der Waals surface area (Å²) in [6, 6.07) is 10.8. The molecule has 2 aromatic rings. The number of carbonyl (C=O) groups is 1. The van der Waals surface area contributed by atoms with Crippen LogP contribution in [0.3, 0.4) is 0 Å². The van der Waals surface area contributed by atoms with Gasteiger partial charge in [0.05, 0.1) is 34.3 Å². The van der Waals surface area contributed by atoms with Crippen LogP contribution in [-0.2, 0) is 14.8 Å². The minimum Gasteiger partial charge on any atom is -0.493 e. The van der Waals surface area contributed by atoms with E-state index < -0.39 is 15.9 Å². The zero-order valence-corrected chi connectivity index (χ0v) is 19.2. The van der Waals surface area contributed by atoms with Gasteiger partial charge in [0.25, 0.3) is 5.91 Å². The van der Waals surface area contributed by atoms with Gasteiger partial charge in [-0.05, 0) is 43.2 Å². The first-order valence-electron chi connectivity index (χ1n) is 10.2. The van der Waals surface area contributed by atoms with Gasteiger partial charge in [0, 0.05) is 19.2 Å². The van der Waals surface area contributed by atoms with E-state index in [1.165, 1.54) is 41.7 Å². The van der Waals surface area contributed by atoms with Crippen LogP contribution >= 0.6 is 11.6 Å². The third-order valence-corrected chi connectivity index (χ3v) is 7.29. The van der Waals surface area contributed by atoms with Gasteiger partial charge in [-0.1, -0.05) is 24.4 Å². The Hall–Kier alpha value is -2.80. The maximum atomic E-state index is 13.0. The first-order chi connectivity index (χ1) is 15.3. The molecule has 2 aromatic carbocycles. The molecule has 0 bridgehead atoms. The summed E-state index contributed by atoms with van der Waals surface area (Å²) in [7, 11) is -2.25. The number of nitriles is 1.